The average molecular weight is 736 g/mol. The minimum atomic E-state index is 0.0148. The molecule has 6 heteroatoms. The summed E-state index contributed by atoms with van der Waals surface area (Å²) in [5.74, 6) is 0.641. The summed E-state index contributed by atoms with van der Waals surface area (Å²) in [4.78, 5) is 27.5. The minimum absolute atomic E-state index is 0.0148. The van der Waals surface area contributed by atoms with Crippen LogP contribution in [0.5, 0.6) is 0 Å². The predicted octanol–water partition coefficient (Wildman–Crippen LogP) is 13.1. The van der Waals surface area contributed by atoms with Crippen molar-refractivity contribution < 1.29 is 24.2 Å². The molecule has 1 saturated carbocycles. The Morgan fingerprint density at radius 3 is 1.46 bits per heavy atom. The summed E-state index contributed by atoms with van der Waals surface area (Å²) in [6.07, 6.45) is 40.0. The Bertz CT molecular complexity index is 775. The highest BCUT2D eigenvalue weighted by atomic mass is 16.5. The van der Waals surface area contributed by atoms with Crippen LogP contribution in [0.15, 0.2) is 0 Å². The Morgan fingerprint density at radius 1 is 0.538 bits per heavy atom. The number of aliphatic hydroxyl groups excluding tert-OH is 1. The number of hydrogen-bond acceptors (Lipinski definition) is 6. The van der Waals surface area contributed by atoms with Gasteiger partial charge in [-0.05, 0) is 89.6 Å². The van der Waals surface area contributed by atoms with E-state index in [0.29, 0.717) is 18.8 Å². The van der Waals surface area contributed by atoms with Crippen LogP contribution in [0.25, 0.3) is 0 Å². The third-order valence-electron chi connectivity index (χ3n) is 11.5. The summed E-state index contributed by atoms with van der Waals surface area (Å²) in [5, 5.41) is 9.58. The summed E-state index contributed by atoms with van der Waals surface area (Å²) >= 11 is 0. The predicted molar refractivity (Wildman–Crippen MR) is 221 cm³/mol. The van der Waals surface area contributed by atoms with Crippen molar-refractivity contribution in [1.82, 2.24) is 4.90 Å². The molecule has 0 aromatic carbocycles. The molecule has 0 bridgehead atoms. The van der Waals surface area contributed by atoms with E-state index >= 15 is 0 Å². The van der Waals surface area contributed by atoms with Gasteiger partial charge in [0.1, 0.15) is 12.2 Å². The lowest BCUT2D eigenvalue weighted by atomic mass is 9.78. The molecule has 1 aliphatic carbocycles. The van der Waals surface area contributed by atoms with Gasteiger partial charge in [-0.3, -0.25) is 9.59 Å². The van der Waals surface area contributed by atoms with E-state index in [1.165, 1.54) is 135 Å². The number of hydrogen-bond donors (Lipinski definition) is 1. The van der Waals surface area contributed by atoms with E-state index < -0.39 is 0 Å². The zero-order valence-corrected chi connectivity index (χ0v) is 35.1. The molecule has 1 fully saturated rings. The molecular weight excluding hydrogens is 647 g/mol. The minimum Gasteiger partial charge on any atom is -0.462 e. The topological polar surface area (TPSA) is 76.1 Å². The van der Waals surface area contributed by atoms with E-state index in [0.717, 1.165) is 90.3 Å². The largest absolute Gasteiger partial charge is 0.462 e. The molecular formula is C46H89NO5. The fourth-order valence-electron chi connectivity index (χ4n) is 7.82. The monoisotopic (exact) mass is 736 g/mol. The van der Waals surface area contributed by atoms with Gasteiger partial charge < -0.3 is 19.5 Å². The fourth-order valence-corrected chi connectivity index (χ4v) is 7.82. The highest BCUT2D eigenvalue weighted by Gasteiger charge is 2.33. The molecule has 0 radical (unpaired) electrons. The number of nitrogens with zero attached hydrogens (tertiary/aromatic N) is 1. The van der Waals surface area contributed by atoms with Gasteiger partial charge in [0, 0.05) is 19.4 Å². The van der Waals surface area contributed by atoms with Crippen LogP contribution >= 0.6 is 0 Å². The van der Waals surface area contributed by atoms with Gasteiger partial charge in [-0.2, -0.15) is 0 Å². The van der Waals surface area contributed by atoms with Crippen LogP contribution in [0.2, 0.25) is 0 Å². The number of carbonyl (C=O) groups is 2. The molecule has 52 heavy (non-hydrogen) atoms. The first-order valence-electron chi connectivity index (χ1n) is 23.3. The van der Waals surface area contributed by atoms with Gasteiger partial charge >= 0.3 is 11.9 Å². The molecule has 0 heterocycles. The summed E-state index contributed by atoms with van der Waals surface area (Å²) in [6.45, 7) is 9.81. The number of esters is 2. The van der Waals surface area contributed by atoms with Crippen molar-refractivity contribution in [3.05, 3.63) is 0 Å². The second-order valence-electron chi connectivity index (χ2n) is 16.4. The smallest absolute Gasteiger partial charge is 0.306 e. The number of rotatable bonds is 40. The summed E-state index contributed by atoms with van der Waals surface area (Å²) in [6, 6.07) is 0. The molecule has 2 unspecified atom stereocenters. The van der Waals surface area contributed by atoms with Gasteiger partial charge in [0.15, 0.2) is 0 Å². The van der Waals surface area contributed by atoms with Crippen molar-refractivity contribution in [3.8, 4) is 0 Å². The molecule has 0 aliphatic heterocycles. The van der Waals surface area contributed by atoms with Crippen LogP contribution in [-0.4, -0.2) is 60.4 Å². The van der Waals surface area contributed by atoms with Crippen LogP contribution < -0.4 is 0 Å². The number of ether oxygens (including phenoxy) is 2. The lowest BCUT2D eigenvalue weighted by Crippen LogP contribution is -2.35. The Labute approximate surface area is 323 Å². The first-order valence-corrected chi connectivity index (χ1v) is 23.3. The van der Waals surface area contributed by atoms with E-state index in [2.05, 4.69) is 25.7 Å². The number of carbonyl (C=O) groups excluding carboxylic acids is 2. The fraction of sp³-hybridized carbons (Fsp3) is 0.957. The lowest BCUT2D eigenvalue weighted by molar-refractivity contribution is -0.158. The quantitative estimate of drug-likeness (QED) is 0.0499. The van der Waals surface area contributed by atoms with Gasteiger partial charge in [-0.25, -0.2) is 0 Å². The second kappa shape index (κ2) is 36.8. The van der Waals surface area contributed by atoms with Gasteiger partial charge in [-0.15, -0.1) is 0 Å². The SMILES string of the molecule is CCCCCCCCC(CCCCCCCC)OC(=O)CCCCCCCN(CCO)CCCCCCCC(=O)OC1CCC1CCCCCCC. The Morgan fingerprint density at radius 2 is 0.981 bits per heavy atom. The van der Waals surface area contributed by atoms with Gasteiger partial charge in [-0.1, -0.05) is 156 Å². The van der Waals surface area contributed by atoms with Gasteiger partial charge in [0.2, 0.25) is 0 Å². The average Bonchev–Trinajstić information content (AvgIpc) is 3.13. The molecule has 1 rings (SSSR count). The van der Waals surface area contributed by atoms with Crippen LogP contribution in [-0.2, 0) is 19.1 Å². The van der Waals surface area contributed by atoms with Crippen molar-refractivity contribution in [3.63, 3.8) is 0 Å². The Kier molecular flexibility index (Phi) is 34.6. The molecule has 0 aromatic heterocycles. The molecule has 6 nitrogen and oxygen atoms in total. The maximum atomic E-state index is 12.7. The molecule has 1 aliphatic rings. The van der Waals surface area contributed by atoms with Crippen molar-refractivity contribution in [2.24, 2.45) is 5.92 Å². The highest BCUT2D eigenvalue weighted by Crippen LogP contribution is 2.35. The molecule has 0 amide bonds. The molecule has 308 valence electrons. The molecule has 2 atom stereocenters. The number of unbranched alkanes of at least 4 members (excludes halogenated alkanes) is 22. The molecule has 0 aromatic rings. The van der Waals surface area contributed by atoms with Gasteiger partial charge in [0.05, 0.1) is 6.61 Å². The van der Waals surface area contributed by atoms with Crippen LogP contribution in [0, 0.1) is 5.92 Å². The normalized spacial score (nSPS) is 15.7. The van der Waals surface area contributed by atoms with Crippen LogP contribution in [0.1, 0.15) is 239 Å². The van der Waals surface area contributed by atoms with Crippen LogP contribution in [0.4, 0.5) is 0 Å². The van der Waals surface area contributed by atoms with E-state index in [4.69, 9.17) is 9.47 Å². The van der Waals surface area contributed by atoms with Crippen molar-refractivity contribution in [1.29, 1.82) is 0 Å². The highest BCUT2D eigenvalue weighted by molar-refractivity contribution is 5.69. The standard InChI is InChI=1S/C46H89NO5/c1-4-7-10-13-18-25-32-43(33-26-19-14-11-8-5-2)51-45(49)34-27-20-15-22-29-38-47(40-41-48)39-30-23-16-21-28-35-46(50)52-44-37-36-42(44)31-24-17-12-9-6-3/h42-44,48H,4-41H2,1-3H3. The van der Waals surface area contributed by atoms with Gasteiger partial charge in [0.25, 0.3) is 0 Å². The number of aliphatic hydroxyl groups is 1. The summed E-state index contributed by atoms with van der Waals surface area (Å²) in [5.41, 5.74) is 0. The van der Waals surface area contributed by atoms with E-state index in [1.54, 1.807) is 0 Å². The maximum absolute atomic E-state index is 12.7. The second-order valence-corrected chi connectivity index (χ2v) is 16.4. The molecule has 0 spiro atoms. The Balaban J connectivity index is 2.09. The third kappa shape index (κ3) is 29.2. The first kappa shape index (κ1) is 48.9. The van der Waals surface area contributed by atoms with E-state index in [9.17, 15) is 14.7 Å². The van der Waals surface area contributed by atoms with E-state index in [-0.39, 0.29) is 30.8 Å². The van der Waals surface area contributed by atoms with Crippen LogP contribution in [0.3, 0.4) is 0 Å². The first-order chi connectivity index (χ1) is 25.5. The molecule has 0 saturated heterocycles. The zero-order chi connectivity index (χ0) is 37.7. The maximum Gasteiger partial charge on any atom is 0.306 e. The molecule has 1 N–H and O–H groups in total. The lowest BCUT2D eigenvalue weighted by Gasteiger charge is -2.36. The Hall–Kier alpha value is -1.14. The summed E-state index contributed by atoms with van der Waals surface area (Å²) in [7, 11) is 0. The van der Waals surface area contributed by atoms with Crippen molar-refractivity contribution in [2.75, 3.05) is 26.2 Å². The summed E-state index contributed by atoms with van der Waals surface area (Å²) < 4.78 is 11.8. The van der Waals surface area contributed by atoms with E-state index in [1.807, 2.05) is 0 Å². The zero-order valence-electron chi connectivity index (χ0n) is 35.1. The van der Waals surface area contributed by atoms with Crippen molar-refractivity contribution >= 4 is 11.9 Å². The van der Waals surface area contributed by atoms with Crippen molar-refractivity contribution in [2.45, 2.75) is 251 Å². The third-order valence-corrected chi connectivity index (χ3v) is 11.5.